The monoisotopic (exact) mass is 451 g/mol. The van der Waals surface area contributed by atoms with E-state index >= 15 is 0 Å². The Kier molecular flexibility index (Phi) is 5.02. The molecule has 146 valence electrons. The van der Waals surface area contributed by atoms with E-state index in [-0.39, 0.29) is 12.5 Å². The van der Waals surface area contributed by atoms with Gasteiger partial charge < -0.3 is 5.32 Å². The lowest BCUT2D eigenvalue weighted by Crippen LogP contribution is -2.28. The number of halogens is 1. The molecule has 29 heavy (non-hydrogen) atoms. The predicted octanol–water partition coefficient (Wildman–Crippen LogP) is 3.58. The smallest absolute Gasteiger partial charge is 0.324 e. The van der Waals surface area contributed by atoms with E-state index < -0.39 is 5.69 Å². The van der Waals surface area contributed by atoms with E-state index in [0.717, 1.165) is 26.0 Å². The zero-order valence-electron chi connectivity index (χ0n) is 15.9. The molecule has 0 spiro atoms. The van der Waals surface area contributed by atoms with Gasteiger partial charge in [0.05, 0.1) is 0 Å². The van der Waals surface area contributed by atoms with Gasteiger partial charge in [0.1, 0.15) is 12.4 Å². The number of aromatic nitrogens is 4. The van der Waals surface area contributed by atoms with Crippen LogP contribution < -0.4 is 11.0 Å². The van der Waals surface area contributed by atoms with Crippen LogP contribution in [-0.2, 0) is 11.3 Å². The number of benzene rings is 2. The maximum atomic E-state index is 13.0. The lowest BCUT2D eigenvalue weighted by atomic mass is 10.1. The first-order valence-corrected chi connectivity index (χ1v) is 9.80. The number of rotatable bonds is 4. The second kappa shape index (κ2) is 7.63. The average molecular weight is 452 g/mol. The van der Waals surface area contributed by atoms with Gasteiger partial charge in [-0.25, -0.2) is 18.9 Å². The minimum atomic E-state index is -0.410. The van der Waals surface area contributed by atoms with Crippen molar-refractivity contribution in [1.82, 2.24) is 19.2 Å². The van der Waals surface area contributed by atoms with Crippen molar-refractivity contribution in [3.8, 4) is 11.4 Å². The second-order valence-corrected chi connectivity index (χ2v) is 7.70. The van der Waals surface area contributed by atoms with E-state index in [1.807, 2.05) is 50.2 Å². The molecule has 0 aliphatic heterocycles. The number of anilines is 1. The normalized spacial score (nSPS) is 11.0. The summed E-state index contributed by atoms with van der Waals surface area (Å²) in [6, 6.07) is 16.7. The van der Waals surface area contributed by atoms with Crippen molar-refractivity contribution in [1.29, 1.82) is 0 Å². The SMILES string of the molecule is Cc1ccc(-c2nc(C)cc3nn(CC(=O)Nc4cccc(Br)c4)c(=O)n23)cc1. The fraction of sp³-hybridized carbons (Fsp3) is 0.143. The summed E-state index contributed by atoms with van der Waals surface area (Å²) in [5.41, 5.74) is 3.35. The third kappa shape index (κ3) is 3.97. The molecular weight excluding hydrogens is 434 g/mol. The Morgan fingerprint density at radius 2 is 1.86 bits per heavy atom. The summed E-state index contributed by atoms with van der Waals surface area (Å²) in [5.74, 6) is 0.166. The highest BCUT2D eigenvalue weighted by Gasteiger charge is 2.16. The number of amides is 1. The number of carbonyl (C=O) groups excluding carboxylic acids is 1. The van der Waals surface area contributed by atoms with Crippen LogP contribution in [-0.4, -0.2) is 25.1 Å². The molecule has 4 rings (SSSR count). The average Bonchev–Trinajstić information content (AvgIpc) is 2.97. The zero-order chi connectivity index (χ0) is 20.5. The van der Waals surface area contributed by atoms with Crippen LogP contribution in [0, 0.1) is 13.8 Å². The molecule has 0 radical (unpaired) electrons. The Hall–Kier alpha value is -3.26. The van der Waals surface area contributed by atoms with Crippen molar-refractivity contribution in [2.45, 2.75) is 20.4 Å². The maximum absolute atomic E-state index is 13.0. The molecule has 1 N–H and O–H groups in total. The number of aryl methyl sites for hydroxylation is 2. The number of hydrogen-bond donors (Lipinski definition) is 1. The van der Waals surface area contributed by atoms with E-state index in [0.29, 0.717) is 17.2 Å². The molecule has 2 aromatic heterocycles. The molecule has 0 saturated heterocycles. The van der Waals surface area contributed by atoms with Crippen molar-refractivity contribution in [3.63, 3.8) is 0 Å². The van der Waals surface area contributed by atoms with Crippen LogP contribution in [0.5, 0.6) is 0 Å². The van der Waals surface area contributed by atoms with Gasteiger partial charge >= 0.3 is 5.69 Å². The Balaban J connectivity index is 1.70. The van der Waals surface area contributed by atoms with Gasteiger partial charge in [-0.3, -0.25) is 4.79 Å². The Morgan fingerprint density at radius 1 is 1.10 bits per heavy atom. The molecule has 0 saturated carbocycles. The molecule has 0 atom stereocenters. The number of carbonyl (C=O) groups is 1. The molecule has 8 heteroatoms. The van der Waals surface area contributed by atoms with Crippen LogP contribution in [0.1, 0.15) is 11.3 Å². The van der Waals surface area contributed by atoms with Gasteiger partial charge in [0.15, 0.2) is 5.65 Å². The number of hydrogen-bond acceptors (Lipinski definition) is 4. The van der Waals surface area contributed by atoms with Crippen LogP contribution in [0.2, 0.25) is 0 Å². The quantitative estimate of drug-likeness (QED) is 0.514. The van der Waals surface area contributed by atoms with Gasteiger partial charge in [0.25, 0.3) is 0 Å². The van der Waals surface area contributed by atoms with Gasteiger partial charge in [0, 0.05) is 27.5 Å². The molecule has 2 aromatic carbocycles. The van der Waals surface area contributed by atoms with Crippen LogP contribution in [0.4, 0.5) is 5.69 Å². The predicted molar refractivity (Wildman–Crippen MR) is 115 cm³/mol. The first kappa shape index (κ1) is 19.1. The highest BCUT2D eigenvalue weighted by atomic mass is 79.9. The standard InChI is InChI=1S/C21H18BrN5O2/c1-13-6-8-15(9-7-13)20-23-14(2)10-18-25-26(21(29)27(18)20)12-19(28)24-17-5-3-4-16(22)11-17/h3-11H,12H2,1-2H3,(H,24,28). The molecule has 0 unspecified atom stereocenters. The third-order valence-electron chi connectivity index (χ3n) is 4.41. The van der Waals surface area contributed by atoms with Crippen LogP contribution in [0.15, 0.2) is 63.9 Å². The summed E-state index contributed by atoms with van der Waals surface area (Å²) >= 11 is 3.37. The zero-order valence-corrected chi connectivity index (χ0v) is 17.5. The van der Waals surface area contributed by atoms with Gasteiger partial charge in [-0.2, -0.15) is 0 Å². The van der Waals surface area contributed by atoms with E-state index in [1.165, 1.54) is 4.40 Å². The summed E-state index contributed by atoms with van der Waals surface area (Å²) in [6.45, 7) is 3.65. The molecule has 2 heterocycles. The largest absolute Gasteiger partial charge is 0.352 e. The Morgan fingerprint density at radius 3 is 2.59 bits per heavy atom. The third-order valence-corrected chi connectivity index (χ3v) is 4.90. The maximum Gasteiger partial charge on any atom is 0.352 e. The van der Waals surface area contributed by atoms with Gasteiger partial charge in [-0.1, -0.05) is 51.8 Å². The number of nitrogens with one attached hydrogen (secondary N) is 1. The lowest BCUT2D eigenvalue weighted by Gasteiger charge is -2.05. The highest BCUT2D eigenvalue weighted by molar-refractivity contribution is 9.10. The topological polar surface area (TPSA) is 81.3 Å². The van der Waals surface area contributed by atoms with Crippen molar-refractivity contribution < 1.29 is 4.79 Å². The minimum absolute atomic E-state index is 0.195. The first-order chi connectivity index (χ1) is 13.9. The van der Waals surface area contributed by atoms with Crippen molar-refractivity contribution in [3.05, 3.63) is 80.8 Å². The molecule has 1 amide bonds. The van der Waals surface area contributed by atoms with Gasteiger partial charge in [-0.15, -0.1) is 5.10 Å². The highest BCUT2D eigenvalue weighted by Crippen LogP contribution is 2.19. The first-order valence-electron chi connectivity index (χ1n) is 9.00. The molecule has 4 aromatic rings. The fourth-order valence-corrected chi connectivity index (χ4v) is 3.45. The fourth-order valence-electron chi connectivity index (χ4n) is 3.06. The molecule has 0 bridgehead atoms. The molecule has 0 fully saturated rings. The van der Waals surface area contributed by atoms with Crippen molar-refractivity contribution >= 4 is 33.2 Å². The lowest BCUT2D eigenvalue weighted by molar-refractivity contribution is -0.117. The summed E-state index contributed by atoms with van der Waals surface area (Å²) < 4.78 is 3.44. The van der Waals surface area contributed by atoms with Crippen LogP contribution >= 0.6 is 15.9 Å². The van der Waals surface area contributed by atoms with Crippen molar-refractivity contribution in [2.24, 2.45) is 0 Å². The number of nitrogens with zero attached hydrogens (tertiary/aromatic N) is 4. The molecule has 0 aliphatic carbocycles. The number of fused-ring (bicyclic) bond motifs is 1. The second-order valence-electron chi connectivity index (χ2n) is 6.78. The van der Waals surface area contributed by atoms with Crippen molar-refractivity contribution in [2.75, 3.05) is 5.32 Å². The van der Waals surface area contributed by atoms with E-state index in [9.17, 15) is 9.59 Å². The van der Waals surface area contributed by atoms with Crippen LogP contribution in [0.3, 0.4) is 0 Å². The Bertz CT molecular complexity index is 1270. The Labute approximate surface area is 175 Å². The van der Waals surface area contributed by atoms with E-state index in [1.54, 1.807) is 18.2 Å². The van der Waals surface area contributed by atoms with E-state index in [2.05, 4.69) is 31.3 Å². The summed E-state index contributed by atoms with van der Waals surface area (Å²) in [4.78, 5) is 29.9. The molecule has 0 aliphatic rings. The molecular formula is C21H18BrN5O2. The summed E-state index contributed by atoms with van der Waals surface area (Å²) in [6.07, 6.45) is 0. The summed E-state index contributed by atoms with van der Waals surface area (Å²) in [5, 5.41) is 7.11. The molecule has 7 nitrogen and oxygen atoms in total. The van der Waals surface area contributed by atoms with Crippen LogP contribution in [0.25, 0.3) is 17.0 Å². The van der Waals surface area contributed by atoms with Gasteiger partial charge in [0.2, 0.25) is 5.91 Å². The summed E-state index contributed by atoms with van der Waals surface area (Å²) in [7, 11) is 0. The van der Waals surface area contributed by atoms with Gasteiger partial charge in [-0.05, 0) is 32.0 Å². The minimum Gasteiger partial charge on any atom is -0.324 e. The van der Waals surface area contributed by atoms with E-state index in [4.69, 9.17) is 0 Å².